The number of hydrogen-bond acceptors (Lipinski definition) is 5. The smallest absolute Gasteiger partial charge is 0.145 e. The third-order valence-corrected chi connectivity index (χ3v) is 2.88. The van der Waals surface area contributed by atoms with Crippen molar-refractivity contribution < 1.29 is 14.9 Å². The molecule has 0 atom stereocenters. The van der Waals surface area contributed by atoms with Crippen LogP contribution in [-0.4, -0.2) is 10.2 Å². The molecule has 6 N–H and O–H groups in total. The molecule has 0 spiro atoms. The van der Waals surface area contributed by atoms with E-state index in [-0.39, 0.29) is 45.5 Å². The summed E-state index contributed by atoms with van der Waals surface area (Å²) in [6, 6.07) is 5.63. The van der Waals surface area contributed by atoms with Gasteiger partial charge in [-0.3, -0.25) is 0 Å². The van der Waals surface area contributed by atoms with Gasteiger partial charge in [0, 0.05) is 0 Å². The highest BCUT2D eigenvalue weighted by atomic mass is 16.5. The standard InChI is InChI=1S/C16H12N2O3/c1-3-9-13(7-5-11(19)15(9)17)21-14-8-6-12(20)16(18)10(14)4-2/h1-2,5-8,19-20H,17-18H2. The van der Waals surface area contributed by atoms with Crippen LogP contribution in [0.4, 0.5) is 11.4 Å². The number of terminal acetylenes is 2. The second-order valence-electron chi connectivity index (χ2n) is 4.13. The van der Waals surface area contributed by atoms with Crippen LogP contribution in [0.5, 0.6) is 23.0 Å². The molecule has 2 rings (SSSR count). The Kier molecular flexibility index (Phi) is 3.51. The average molecular weight is 280 g/mol. The summed E-state index contributed by atoms with van der Waals surface area (Å²) in [4.78, 5) is 0. The molecular formula is C16H12N2O3. The van der Waals surface area contributed by atoms with Crippen LogP contribution in [0.2, 0.25) is 0 Å². The molecule has 5 nitrogen and oxygen atoms in total. The Morgan fingerprint density at radius 1 is 0.810 bits per heavy atom. The Balaban J connectivity index is 2.55. The van der Waals surface area contributed by atoms with E-state index in [1.807, 2.05) is 0 Å². The SMILES string of the molecule is C#Cc1c(Oc2ccc(O)c(N)c2C#C)ccc(O)c1N. The molecule has 104 valence electrons. The first-order chi connectivity index (χ1) is 9.99. The lowest BCUT2D eigenvalue weighted by Crippen LogP contribution is -1.98. The molecule has 0 aliphatic carbocycles. The average Bonchev–Trinajstić information content (AvgIpc) is 2.47. The highest BCUT2D eigenvalue weighted by molar-refractivity contribution is 5.72. The lowest BCUT2D eigenvalue weighted by atomic mass is 10.1. The lowest BCUT2D eigenvalue weighted by molar-refractivity contribution is 0.460. The maximum Gasteiger partial charge on any atom is 0.145 e. The second-order valence-corrected chi connectivity index (χ2v) is 4.13. The first-order valence-electron chi connectivity index (χ1n) is 5.83. The summed E-state index contributed by atoms with van der Waals surface area (Å²) in [6.45, 7) is 0. The van der Waals surface area contributed by atoms with E-state index in [2.05, 4.69) is 11.8 Å². The zero-order valence-electron chi connectivity index (χ0n) is 10.9. The van der Waals surface area contributed by atoms with Crippen molar-refractivity contribution in [1.29, 1.82) is 0 Å². The minimum atomic E-state index is -0.141. The fraction of sp³-hybridized carbons (Fsp3) is 0. The third kappa shape index (κ3) is 2.36. The van der Waals surface area contributed by atoms with Crippen molar-refractivity contribution in [3.63, 3.8) is 0 Å². The topological polar surface area (TPSA) is 102 Å². The highest BCUT2D eigenvalue weighted by Crippen LogP contribution is 2.38. The van der Waals surface area contributed by atoms with Crippen molar-refractivity contribution in [3.8, 4) is 47.7 Å². The summed E-state index contributed by atoms with van der Waals surface area (Å²) in [6.07, 6.45) is 10.7. The maximum atomic E-state index is 9.54. The fourth-order valence-electron chi connectivity index (χ4n) is 1.76. The van der Waals surface area contributed by atoms with Gasteiger partial charge in [0.05, 0.1) is 22.5 Å². The van der Waals surface area contributed by atoms with Gasteiger partial charge in [-0.15, -0.1) is 12.8 Å². The largest absolute Gasteiger partial charge is 0.506 e. The van der Waals surface area contributed by atoms with E-state index in [0.717, 1.165) is 0 Å². The molecule has 0 radical (unpaired) electrons. The van der Waals surface area contributed by atoms with Crippen molar-refractivity contribution in [2.24, 2.45) is 0 Å². The lowest BCUT2D eigenvalue weighted by Gasteiger charge is -2.13. The molecule has 0 unspecified atom stereocenters. The zero-order valence-corrected chi connectivity index (χ0v) is 10.9. The summed E-state index contributed by atoms with van der Waals surface area (Å²) in [7, 11) is 0. The minimum Gasteiger partial charge on any atom is -0.506 e. The number of ether oxygens (including phenoxy) is 1. The Morgan fingerprint density at radius 3 is 1.52 bits per heavy atom. The van der Waals surface area contributed by atoms with E-state index in [0.29, 0.717) is 0 Å². The Hall–Kier alpha value is -3.44. The van der Waals surface area contributed by atoms with Gasteiger partial charge in [0.2, 0.25) is 0 Å². The van der Waals surface area contributed by atoms with Crippen molar-refractivity contribution >= 4 is 11.4 Å². The monoisotopic (exact) mass is 280 g/mol. The van der Waals surface area contributed by atoms with Crippen LogP contribution in [-0.2, 0) is 0 Å². The molecule has 2 aromatic carbocycles. The van der Waals surface area contributed by atoms with Gasteiger partial charge in [0.1, 0.15) is 23.0 Å². The summed E-state index contributed by atoms with van der Waals surface area (Å²) in [5, 5.41) is 19.1. The Morgan fingerprint density at radius 2 is 1.19 bits per heavy atom. The van der Waals surface area contributed by atoms with Gasteiger partial charge in [-0.25, -0.2) is 0 Å². The molecule has 5 heteroatoms. The van der Waals surface area contributed by atoms with Crippen molar-refractivity contribution in [1.82, 2.24) is 0 Å². The first-order valence-corrected chi connectivity index (χ1v) is 5.83. The molecule has 0 saturated heterocycles. The summed E-state index contributed by atoms with van der Waals surface area (Å²) < 4.78 is 5.63. The van der Waals surface area contributed by atoms with E-state index >= 15 is 0 Å². The number of anilines is 2. The summed E-state index contributed by atoms with van der Waals surface area (Å²) in [5.41, 5.74) is 11.8. The van der Waals surface area contributed by atoms with Crippen molar-refractivity contribution in [2.75, 3.05) is 11.5 Å². The highest BCUT2D eigenvalue weighted by Gasteiger charge is 2.14. The summed E-state index contributed by atoms with van der Waals surface area (Å²) >= 11 is 0. The predicted molar refractivity (Wildman–Crippen MR) is 81.0 cm³/mol. The molecule has 0 fully saturated rings. The number of benzene rings is 2. The number of aromatic hydroxyl groups is 2. The van der Waals surface area contributed by atoms with Crippen LogP contribution in [0.25, 0.3) is 0 Å². The van der Waals surface area contributed by atoms with Gasteiger partial charge in [0.25, 0.3) is 0 Å². The molecule has 0 saturated carbocycles. The molecular weight excluding hydrogens is 268 g/mol. The van der Waals surface area contributed by atoms with Crippen LogP contribution in [0, 0.1) is 24.7 Å². The molecule has 0 bridgehead atoms. The van der Waals surface area contributed by atoms with E-state index in [9.17, 15) is 10.2 Å². The number of rotatable bonds is 2. The van der Waals surface area contributed by atoms with Crippen LogP contribution in [0.15, 0.2) is 24.3 Å². The van der Waals surface area contributed by atoms with Crippen molar-refractivity contribution in [3.05, 3.63) is 35.4 Å². The molecule has 2 aromatic rings. The number of nitrogen functional groups attached to an aromatic ring is 2. The number of nitrogens with two attached hydrogens (primary N) is 2. The Bertz CT molecular complexity index is 731. The molecule has 21 heavy (non-hydrogen) atoms. The van der Waals surface area contributed by atoms with E-state index in [1.54, 1.807) is 0 Å². The van der Waals surface area contributed by atoms with E-state index < -0.39 is 0 Å². The maximum absolute atomic E-state index is 9.54. The molecule has 0 aliphatic rings. The van der Waals surface area contributed by atoms with Gasteiger partial charge in [0.15, 0.2) is 0 Å². The van der Waals surface area contributed by atoms with Crippen molar-refractivity contribution in [2.45, 2.75) is 0 Å². The quantitative estimate of drug-likeness (QED) is 0.383. The minimum absolute atomic E-state index is 0.0315. The molecule has 0 amide bonds. The van der Waals surface area contributed by atoms with Crippen LogP contribution >= 0.6 is 0 Å². The Labute approximate surface area is 121 Å². The molecule has 0 heterocycles. The van der Waals surface area contributed by atoms with Gasteiger partial charge in [-0.1, -0.05) is 11.8 Å². The predicted octanol–water partition coefficient (Wildman–Crippen LogP) is 2.02. The normalized spacial score (nSPS) is 9.62. The van der Waals surface area contributed by atoms with E-state index in [4.69, 9.17) is 29.1 Å². The molecule has 0 aliphatic heterocycles. The van der Waals surface area contributed by atoms with Crippen LogP contribution in [0.3, 0.4) is 0 Å². The number of hydrogen-bond donors (Lipinski definition) is 4. The van der Waals surface area contributed by atoms with Gasteiger partial charge in [-0.05, 0) is 24.3 Å². The number of phenols is 2. The third-order valence-electron chi connectivity index (χ3n) is 2.88. The van der Waals surface area contributed by atoms with Crippen LogP contribution < -0.4 is 16.2 Å². The second kappa shape index (κ2) is 5.28. The summed E-state index contributed by atoms with van der Waals surface area (Å²) in [5.74, 6) is 4.90. The fourth-order valence-corrected chi connectivity index (χ4v) is 1.76. The number of phenolic OH excluding ortho intramolecular Hbond substituents is 2. The van der Waals surface area contributed by atoms with Crippen LogP contribution in [0.1, 0.15) is 11.1 Å². The van der Waals surface area contributed by atoms with Gasteiger partial charge >= 0.3 is 0 Å². The molecule has 0 aromatic heterocycles. The van der Waals surface area contributed by atoms with Gasteiger partial charge < -0.3 is 26.4 Å². The van der Waals surface area contributed by atoms with Gasteiger partial charge in [-0.2, -0.15) is 0 Å². The zero-order chi connectivity index (χ0) is 15.6. The van der Waals surface area contributed by atoms with E-state index in [1.165, 1.54) is 24.3 Å². The first kappa shape index (κ1) is 14.0.